The first kappa shape index (κ1) is 12.3. The highest BCUT2D eigenvalue weighted by Gasteiger charge is 2.04. The van der Waals surface area contributed by atoms with Gasteiger partial charge in [0.2, 0.25) is 0 Å². The van der Waals surface area contributed by atoms with E-state index in [1.165, 1.54) is 16.7 Å². The maximum atomic E-state index is 8.49. The van der Waals surface area contributed by atoms with E-state index in [9.17, 15) is 0 Å². The number of rotatable bonds is 2. The Morgan fingerprint density at radius 1 is 1.12 bits per heavy atom. The van der Waals surface area contributed by atoms with Gasteiger partial charge in [-0.25, -0.2) is 0 Å². The van der Waals surface area contributed by atoms with Crippen LogP contribution in [0.2, 0.25) is 0 Å². The van der Waals surface area contributed by atoms with E-state index in [2.05, 4.69) is 50.8 Å². The Balaban J connectivity index is 3.25. The highest BCUT2D eigenvalue weighted by atomic mass is 14.2. The molecule has 0 atom stereocenters. The zero-order valence-corrected chi connectivity index (χ0v) is 10.2. The van der Waals surface area contributed by atoms with Gasteiger partial charge in [-0.1, -0.05) is 43.4 Å². The molecule has 1 aromatic carbocycles. The molecule has 16 heavy (non-hydrogen) atoms. The summed E-state index contributed by atoms with van der Waals surface area (Å²) in [6.07, 6.45) is 2.29. The first-order valence-corrected chi connectivity index (χ1v) is 5.71. The summed E-state index contributed by atoms with van der Waals surface area (Å²) in [5.41, 5.74) is 5.01. The summed E-state index contributed by atoms with van der Waals surface area (Å²) < 4.78 is 0. The lowest BCUT2D eigenvalue weighted by atomic mass is 9.95. The molecule has 0 saturated carbocycles. The molecule has 0 spiro atoms. The molecular weight excluding hydrogens is 194 g/mol. The third-order valence-corrected chi connectivity index (χ3v) is 2.59. The average molecular weight is 211 g/mol. The van der Waals surface area contributed by atoms with Crippen molar-refractivity contribution in [1.82, 2.24) is 0 Å². The fourth-order valence-electron chi connectivity index (χ4n) is 1.83. The largest absolute Gasteiger partial charge is 0.197 e. The predicted molar refractivity (Wildman–Crippen MR) is 67.0 cm³/mol. The molecule has 0 aliphatic rings. The van der Waals surface area contributed by atoms with Crippen LogP contribution in [0.3, 0.4) is 0 Å². The Morgan fingerprint density at radius 3 is 2.12 bits per heavy atom. The second-order valence-corrected chi connectivity index (χ2v) is 3.80. The van der Waals surface area contributed by atoms with Gasteiger partial charge in [-0.3, -0.25) is 0 Å². The van der Waals surface area contributed by atoms with Crippen LogP contribution in [0.5, 0.6) is 0 Å². The lowest BCUT2D eigenvalue weighted by Crippen LogP contribution is -1.96. The summed E-state index contributed by atoms with van der Waals surface area (Å²) in [5, 5.41) is 8.49. The highest BCUT2D eigenvalue weighted by Crippen LogP contribution is 2.18. The second kappa shape index (κ2) is 5.99. The molecule has 0 radical (unpaired) electrons. The van der Waals surface area contributed by atoms with Crippen molar-refractivity contribution in [2.75, 3.05) is 0 Å². The topological polar surface area (TPSA) is 23.8 Å². The van der Waals surface area contributed by atoms with E-state index in [4.69, 9.17) is 5.26 Å². The monoisotopic (exact) mass is 211 g/mol. The zero-order chi connectivity index (χ0) is 12.0. The SMILES string of the molecule is CCc1cc(C)cc(CC)c1C#CCC#N. The third kappa shape index (κ3) is 2.88. The molecule has 1 nitrogen and oxygen atoms in total. The van der Waals surface area contributed by atoms with Crippen molar-refractivity contribution in [3.8, 4) is 17.9 Å². The number of nitriles is 1. The molecule has 0 aromatic heterocycles. The zero-order valence-electron chi connectivity index (χ0n) is 10.2. The van der Waals surface area contributed by atoms with Crippen molar-refractivity contribution in [2.24, 2.45) is 0 Å². The summed E-state index contributed by atoms with van der Waals surface area (Å²) in [4.78, 5) is 0. The maximum Gasteiger partial charge on any atom is 0.0966 e. The summed E-state index contributed by atoms with van der Waals surface area (Å²) in [6.45, 7) is 6.40. The summed E-state index contributed by atoms with van der Waals surface area (Å²) in [7, 11) is 0. The van der Waals surface area contributed by atoms with E-state index >= 15 is 0 Å². The molecule has 1 aromatic rings. The Labute approximate surface area is 98.1 Å². The van der Waals surface area contributed by atoms with Crippen LogP contribution in [0, 0.1) is 30.1 Å². The van der Waals surface area contributed by atoms with Crippen molar-refractivity contribution >= 4 is 0 Å². The highest BCUT2D eigenvalue weighted by molar-refractivity contribution is 5.49. The van der Waals surface area contributed by atoms with Crippen LogP contribution >= 0.6 is 0 Å². The fraction of sp³-hybridized carbons (Fsp3) is 0.400. The molecule has 0 aliphatic heterocycles. The van der Waals surface area contributed by atoms with Gasteiger partial charge < -0.3 is 0 Å². The Kier molecular flexibility index (Phi) is 4.62. The van der Waals surface area contributed by atoms with Crippen LogP contribution in [0.15, 0.2) is 12.1 Å². The molecule has 1 rings (SSSR count). The van der Waals surface area contributed by atoms with Crippen molar-refractivity contribution in [1.29, 1.82) is 5.26 Å². The minimum atomic E-state index is 0.306. The van der Waals surface area contributed by atoms with Crippen LogP contribution in [0.25, 0.3) is 0 Å². The molecule has 0 saturated heterocycles. The van der Waals surface area contributed by atoms with Gasteiger partial charge in [-0.2, -0.15) is 5.26 Å². The van der Waals surface area contributed by atoms with Crippen LogP contribution in [-0.4, -0.2) is 0 Å². The van der Waals surface area contributed by atoms with E-state index in [1.807, 2.05) is 0 Å². The van der Waals surface area contributed by atoms with Gasteiger partial charge in [0.15, 0.2) is 0 Å². The van der Waals surface area contributed by atoms with Crippen LogP contribution in [-0.2, 0) is 12.8 Å². The number of aryl methyl sites for hydroxylation is 3. The molecular formula is C15H17N. The maximum absolute atomic E-state index is 8.49. The molecule has 0 N–H and O–H groups in total. The first-order valence-electron chi connectivity index (χ1n) is 5.71. The van der Waals surface area contributed by atoms with Crippen molar-refractivity contribution in [2.45, 2.75) is 40.0 Å². The van der Waals surface area contributed by atoms with Gasteiger partial charge in [-0.05, 0) is 30.9 Å². The second-order valence-electron chi connectivity index (χ2n) is 3.80. The van der Waals surface area contributed by atoms with Gasteiger partial charge in [0.1, 0.15) is 0 Å². The van der Waals surface area contributed by atoms with Crippen LogP contribution in [0.4, 0.5) is 0 Å². The van der Waals surface area contributed by atoms with Gasteiger partial charge in [0.25, 0.3) is 0 Å². The van der Waals surface area contributed by atoms with Gasteiger partial charge in [-0.15, -0.1) is 0 Å². The van der Waals surface area contributed by atoms with E-state index in [1.54, 1.807) is 0 Å². The molecule has 0 amide bonds. The number of hydrogen-bond acceptors (Lipinski definition) is 1. The Morgan fingerprint density at radius 2 is 1.69 bits per heavy atom. The Bertz CT molecular complexity index is 441. The van der Waals surface area contributed by atoms with Gasteiger partial charge >= 0.3 is 0 Å². The fourth-order valence-corrected chi connectivity index (χ4v) is 1.83. The number of benzene rings is 1. The molecule has 1 heteroatoms. The van der Waals surface area contributed by atoms with E-state index in [0.29, 0.717) is 6.42 Å². The summed E-state index contributed by atoms with van der Waals surface area (Å²) in [6, 6.07) is 6.43. The van der Waals surface area contributed by atoms with E-state index < -0.39 is 0 Å². The molecule has 82 valence electrons. The normalized spacial score (nSPS) is 9.12. The molecule has 0 aliphatic carbocycles. The molecule has 0 heterocycles. The summed E-state index contributed by atoms with van der Waals surface area (Å²) in [5.74, 6) is 6.05. The van der Waals surface area contributed by atoms with Crippen LogP contribution in [0.1, 0.15) is 42.5 Å². The quantitative estimate of drug-likeness (QED) is 0.688. The minimum absolute atomic E-state index is 0.306. The minimum Gasteiger partial charge on any atom is -0.197 e. The Hall–Kier alpha value is -1.73. The standard InChI is InChI=1S/C15H17N/c1-4-13-10-12(3)11-14(5-2)15(13)8-6-7-9-16/h10-11H,4-5,7H2,1-3H3. The van der Waals surface area contributed by atoms with Crippen LogP contribution < -0.4 is 0 Å². The number of hydrogen-bond donors (Lipinski definition) is 0. The van der Waals surface area contributed by atoms with Crippen molar-refractivity contribution in [3.05, 3.63) is 34.4 Å². The molecule has 0 fully saturated rings. The average Bonchev–Trinajstić information content (AvgIpc) is 2.30. The van der Waals surface area contributed by atoms with Crippen molar-refractivity contribution < 1.29 is 0 Å². The smallest absolute Gasteiger partial charge is 0.0966 e. The number of nitrogens with zero attached hydrogens (tertiary/aromatic N) is 1. The predicted octanol–water partition coefficient (Wildman–Crippen LogP) is 3.39. The molecule has 0 unspecified atom stereocenters. The van der Waals surface area contributed by atoms with E-state index in [-0.39, 0.29) is 0 Å². The molecule has 0 bridgehead atoms. The third-order valence-electron chi connectivity index (χ3n) is 2.59. The lowest BCUT2D eigenvalue weighted by Gasteiger charge is -2.09. The van der Waals surface area contributed by atoms with Crippen molar-refractivity contribution in [3.63, 3.8) is 0 Å². The lowest BCUT2D eigenvalue weighted by molar-refractivity contribution is 1.06. The van der Waals surface area contributed by atoms with Gasteiger partial charge in [0, 0.05) is 5.56 Å². The van der Waals surface area contributed by atoms with E-state index in [0.717, 1.165) is 18.4 Å². The van der Waals surface area contributed by atoms with Gasteiger partial charge in [0.05, 0.1) is 12.5 Å². The first-order chi connectivity index (χ1) is 7.72. The summed E-state index contributed by atoms with van der Waals surface area (Å²) >= 11 is 0.